The summed E-state index contributed by atoms with van der Waals surface area (Å²) in [7, 11) is -3.01. The third kappa shape index (κ3) is 6.42. The van der Waals surface area contributed by atoms with Crippen molar-refractivity contribution in [2.75, 3.05) is 29.2 Å². The van der Waals surface area contributed by atoms with Crippen LogP contribution in [-0.4, -0.2) is 49.6 Å². The van der Waals surface area contributed by atoms with Crippen molar-refractivity contribution in [1.29, 1.82) is 5.26 Å². The van der Waals surface area contributed by atoms with Crippen LogP contribution in [0.3, 0.4) is 0 Å². The van der Waals surface area contributed by atoms with E-state index >= 15 is 0 Å². The maximum absolute atomic E-state index is 12.2. The molecule has 1 aliphatic heterocycles. The van der Waals surface area contributed by atoms with Crippen molar-refractivity contribution in [2.45, 2.75) is 17.8 Å². The van der Waals surface area contributed by atoms with Crippen molar-refractivity contribution in [3.63, 3.8) is 0 Å². The molecule has 1 unspecified atom stereocenters. The molecule has 11 heteroatoms. The van der Waals surface area contributed by atoms with E-state index in [-0.39, 0.29) is 39.5 Å². The number of hydrogen-bond donors (Lipinski definition) is 1. The Labute approximate surface area is 152 Å². The number of carbonyl (C=O) groups is 1. The lowest BCUT2D eigenvalue weighted by Crippen LogP contribution is -2.20. The zero-order valence-electron chi connectivity index (χ0n) is 13.4. The smallest absolute Gasteiger partial charge is 0.422 e. The summed E-state index contributed by atoms with van der Waals surface area (Å²) in [6.45, 7) is -1.52. The summed E-state index contributed by atoms with van der Waals surface area (Å²) in [4.78, 5) is 11.9. The van der Waals surface area contributed by atoms with E-state index in [4.69, 9.17) is 5.26 Å². The summed E-state index contributed by atoms with van der Waals surface area (Å²) < 4.78 is 63.9. The van der Waals surface area contributed by atoms with Gasteiger partial charge < -0.3 is 10.1 Å². The Balaban J connectivity index is 1.90. The monoisotopic (exact) mass is 408 g/mol. The van der Waals surface area contributed by atoms with Gasteiger partial charge in [-0.05, 0) is 24.6 Å². The molecule has 0 spiro atoms. The number of halogens is 3. The first-order valence-electron chi connectivity index (χ1n) is 7.43. The fraction of sp³-hybridized carbons (Fsp3) is 0.467. The fourth-order valence-corrected chi connectivity index (χ4v) is 5.71. The summed E-state index contributed by atoms with van der Waals surface area (Å²) in [5.74, 6) is -0.416. The molecule has 0 bridgehead atoms. The molecule has 1 aromatic carbocycles. The Morgan fingerprint density at radius 1 is 1.42 bits per heavy atom. The van der Waals surface area contributed by atoms with Gasteiger partial charge in [0.25, 0.3) is 0 Å². The van der Waals surface area contributed by atoms with E-state index in [0.29, 0.717) is 6.42 Å². The highest BCUT2D eigenvalue weighted by molar-refractivity contribution is 8.02. The minimum atomic E-state index is -4.52. The molecule has 0 aliphatic carbocycles. The van der Waals surface area contributed by atoms with Crippen molar-refractivity contribution < 1.29 is 31.1 Å². The van der Waals surface area contributed by atoms with Gasteiger partial charge in [-0.3, -0.25) is 4.79 Å². The lowest BCUT2D eigenvalue weighted by atomic mass is 10.2. The Morgan fingerprint density at radius 2 is 2.15 bits per heavy atom. The van der Waals surface area contributed by atoms with E-state index in [1.807, 2.05) is 0 Å². The van der Waals surface area contributed by atoms with Crippen molar-refractivity contribution in [2.24, 2.45) is 0 Å². The molecule has 1 atom stereocenters. The third-order valence-corrected chi connectivity index (χ3v) is 6.70. The van der Waals surface area contributed by atoms with Gasteiger partial charge in [-0.15, -0.1) is 11.8 Å². The SMILES string of the molecule is N#Cc1cc(NC(=O)CSC2CCS(=O)(=O)C2)ccc1OCC(F)(F)F. The van der Waals surface area contributed by atoms with Crippen LogP contribution in [0, 0.1) is 11.3 Å². The molecule has 0 aromatic heterocycles. The standard InChI is InChI=1S/C15H15F3N2O4S2/c16-15(17,18)9-24-13-2-1-11(5-10(13)6-19)20-14(21)7-25-12-3-4-26(22,23)8-12/h1-2,5,12H,3-4,7-9H2,(H,20,21). The van der Waals surface area contributed by atoms with Gasteiger partial charge in [0.15, 0.2) is 16.4 Å². The summed E-state index contributed by atoms with van der Waals surface area (Å²) in [5.41, 5.74) is 0.104. The minimum Gasteiger partial charge on any atom is -0.483 e. The van der Waals surface area contributed by atoms with Gasteiger partial charge in [0.2, 0.25) is 5.91 Å². The number of nitrogens with zero attached hydrogens (tertiary/aromatic N) is 1. The Kier molecular flexibility index (Phi) is 6.41. The highest BCUT2D eigenvalue weighted by atomic mass is 32.2. The van der Waals surface area contributed by atoms with Gasteiger partial charge in [-0.25, -0.2) is 8.42 Å². The van der Waals surface area contributed by atoms with E-state index < -0.39 is 28.5 Å². The summed E-state index contributed by atoms with van der Waals surface area (Å²) in [6.07, 6.45) is -4.02. The molecular formula is C15H15F3N2O4S2. The second-order valence-corrected chi connectivity index (χ2v) is 9.13. The van der Waals surface area contributed by atoms with E-state index in [1.54, 1.807) is 6.07 Å². The number of amides is 1. The number of nitrogens with one attached hydrogen (secondary N) is 1. The molecule has 1 aromatic rings. The highest BCUT2D eigenvalue weighted by Crippen LogP contribution is 2.26. The van der Waals surface area contributed by atoms with Crippen molar-refractivity contribution in [3.05, 3.63) is 23.8 Å². The van der Waals surface area contributed by atoms with Crippen molar-refractivity contribution in [1.82, 2.24) is 0 Å². The Hall–Kier alpha value is -1.93. The van der Waals surface area contributed by atoms with Gasteiger partial charge in [-0.1, -0.05) is 0 Å². The number of nitriles is 1. The Bertz CT molecular complexity index is 819. The number of carbonyl (C=O) groups excluding carboxylic acids is 1. The molecule has 1 aliphatic rings. The lowest BCUT2D eigenvalue weighted by molar-refractivity contribution is -0.153. The summed E-state index contributed by atoms with van der Waals surface area (Å²) in [6, 6.07) is 5.44. The first kappa shape index (κ1) is 20.4. The van der Waals surface area contributed by atoms with Gasteiger partial charge in [0.1, 0.15) is 11.8 Å². The second kappa shape index (κ2) is 8.18. The number of rotatable bonds is 6. The summed E-state index contributed by atoms with van der Waals surface area (Å²) in [5, 5.41) is 11.4. The van der Waals surface area contributed by atoms with Gasteiger partial charge in [0, 0.05) is 10.9 Å². The number of thioether (sulfide) groups is 1. The average Bonchev–Trinajstić information content (AvgIpc) is 2.90. The van der Waals surface area contributed by atoms with E-state index in [1.165, 1.54) is 30.0 Å². The number of anilines is 1. The molecule has 1 saturated heterocycles. The first-order valence-corrected chi connectivity index (χ1v) is 10.3. The number of hydrogen-bond acceptors (Lipinski definition) is 6. The largest absolute Gasteiger partial charge is 0.483 e. The van der Waals surface area contributed by atoms with Crippen LogP contribution in [0.2, 0.25) is 0 Å². The molecule has 1 fully saturated rings. The highest BCUT2D eigenvalue weighted by Gasteiger charge is 2.29. The van der Waals surface area contributed by atoms with Crippen LogP contribution in [0.15, 0.2) is 18.2 Å². The van der Waals surface area contributed by atoms with Crippen molar-refractivity contribution >= 4 is 33.2 Å². The maximum atomic E-state index is 12.2. The van der Waals surface area contributed by atoms with Crippen LogP contribution in [-0.2, 0) is 14.6 Å². The molecule has 6 nitrogen and oxygen atoms in total. The molecule has 1 N–H and O–H groups in total. The molecule has 2 rings (SSSR count). The molecule has 26 heavy (non-hydrogen) atoms. The topological polar surface area (TPSA) is 96.3 Å². The second-order valence-electron chi connectivity index (χ2n) is 5.61. The maximum Gasteiger partial charge on any atom is 0.422 e. The number of benzene rings is 1. The number of sulfone groups is 1. The lowest BCUT2D eigenvalue weighted by Gasteiger charge is -2.12. The normalized spacial score (nSPS) is 18.9. The van der Waals surface area contributed by atoms with Crippen LogP contribution in [0.1, 0.15) is 12.0 Å². The minimum absolute atomic E-state index is 0.0361. The zero-order valence-corrected chi connectivity index (χ0v) is 15.0. The number of ether oxygens (including phenoxy) is 1. The van der Waals surface area contributed by atoms with Crippen LogP contribution in [0.25, 0.3) is 0 Å². The van der Waals surface area contributed by atoms with Gasteiger partial charge in [0.05, 0.1) is 22.8 Å². The predicted octanol–water partition coefficient (Wildman–Crippen LogP) is 2.36. The molecule has 1 amide bonds. The number of alkyl halides is 3. The molecule has 0 radical (unpaired) electrons. The van der Waals surface area contributed by atoms with Gasteiger partial charge in [-0.2, -0.15) is 18.4 Å². The average molecular weight is 408 g/mol. The van der Waals surface area contributed by atoms with Crippen LogP contribution in [0.4, 0.5) is 18.9 Å². The first-order chi connectivity index (χ1) is 12.1. The van der Waals surface area contributed by atoms with Crippen molar-refractivity contribution in [3.8, 4) is 11.8 Å². The Morgan fingerprint density at radius 3 is 2.73 bits per heavy atom. The predicted molar refractivity (Wildman–Crippen MR) is 90.9 cm³/mol. The zero-order chi connectivity index (χ0) is 19.4. The van der Waals surface area contributed by atoms with Crippen LogP contribution >= 0.6 is 11.8 Å². The van der Waals surface area contributed by atoms with Gasteiger partial charge >= 0.3 is 6.18 Å². The van der Waals surface area contributed by atoms with Crippen LogP contribution < -0.4 is 10.1 Å². The van der Waals surface area contributed by atoms with E-state index in [9.17, 15) is 26.4 Å². The quantitative estimate of drug-likeness (QED) is 0.776. The molecule has 1 heterocycles. The summed E-state index contributed by atoms with van der Waals surface area (Å²) >= 11 is 1.23. The molecular weight excluding hydrogens is 393 g/mol. The van der Waals surface area contributed by atoms with Crippen LogP contribution in [0.5, 0.6) is 5.75 Å². The molecule has 142 valence electrons. The third-order valence-electron chi connectivity index (χ3n) is 3.42. The van der Waals surface area contributed by atoms with E-state index in [0.717, 1.165) is 0 Å². The molecule has 0 saturated carbocycles. The fourth-order valence-electron chi connectivity index (χ4n) is 2.26. The van der Waals surface area contributed by atoms with E-state index in [2.05, 4.69) is 10.1 Å².